The van der Waals surface area contributed by atoms with E-state index in [4.69, 9.17) is 0 Å². The van der Waals surface area contributed by atoms with Gasteiger partial charge in [0.2, 0.25) is 0 Å². The molecule has 0 fully saturated rings. The predicted octanol–water partition coefficient (Wildman–Crippen LogP) is 3.92. The molecule has 1 atom stereocenters. The minimum absolute atomic E-state index is 0.137. The number of nitro benzene ring substituents is 1. The van der Waals surface area contributed by atoms with Gasteiger partial charge in [-0.15, -0.1) is 11.8 Å². The zero-order valence-corrected chi connectivity index (χ0v) is 12.3. The van der Waals surface area contributed by atoms with Crippen molar-refractivity contribution in [2.24, 2.45) is 0 Å². The SMILES string of the molecule is O=[N+]([O-])c1ccc(CNC2CCSc3ccccc32)cc1. The van der Waals surface area contributed by atoms with Crippen molar-refractivity contribution in [1.82, 2.24) is 5.32 Å². The van der Waals surface area contributed by atoms with E-state index in [1.807, 2.05) is 23.9 Å². The van der Waals surface area contributed by atoms with E-state index in [1.165, 1.54) is 10.5 Å². The van der Waals surface area contributed by atoms with Gasteiger partial charge in [0.05, 0.1) is 4.92 Å². The van der Waals surface area contributed by atoms with Gasteiger partial charge in [-0.05, 0) is 29.4 Å². The first kappa shape index (κ1) is 14.1. The largest absolute Gasteiger partial charge is 0.306 e. The normalized spacial score (nSPS) is 17.2. The Hall–Kier alpha value is -1.85. The number of benzene rings is 2. The molecule has 2 aromatic carbocycles. The molecule has 1 heterocycles. The van der Waals surface area contributed by atoms with E-state index >= 15 is 0 Å². The van der Waals surface area contributed by atoms with Gasteiger partial charge in [0.25, 0.3) is 5.69 Å². The monoisotopic (exact) mass is 300 g/mol. The summed E-state index contributed by atoms with van der Waals surface area (Å²) in [5.41, 5.74) is 2.56. The highest BCUT2D eigenvalue weighted by molar-refractivity contribution is 7.99. The first-order valence-corrected chi connectivity index (χ1v) is 7.91. The summed E-state index contributed by atoms with van der Waals surface area (Å²) in [5.74, 6) is 1.12. The molecule has 1 aliphatic heterocycles. The van der Waals surface area contributed by atoms with E-state index in [0.29, 0.717) is 6.04 Å². The van der Waals surface area contributed by atoms with E-state index in [2.05, 4.69) is 29.6 Å². The van der Waals surface area contributed by atoms with Crippen molar-refractivity contribution in [1.29, 1.82) is 0 Å². The standard InChI is InChI=1S/C16H16N2O2S/c19-18(20)13-7-5-12(6-8-13)11-17-15-9-10-21-16-4-2-1-3-14(15)16/h1-8,15,17H,9-11H2. The smallest absolute Gasteiger partial charge is 0.269 e. The molecule has 3 rings (SSSR count). The van der Waals surface area contributed by atoms with Gasteiger partial charge >= 0.3 is 0 Å². The summed E-state index contributed by atoms with van der Waals surface area (Å²) in [7, 11) is 0. The summed E-state index contributed by atoms with van der Waals surface area (Å²) in [5, 5.41) is 14.2. The Morgan fingerprint density at radius 2 is 1.95 bits per heavy atom. The highest BCUT2D eigenvalue weighted by Gasteiger charge is 2.19. The van der Waals surface area contributed by atoms with Crippen LogP contribution in [0.4, 0.5) is 5.69 Å². The van der Waals surface area contributed by atoms with Gasteiger partial charge in [0.1, 0.15) is 0 Å². The van der Waals surface area contributed by atoms with Crippen molar-refractivity contribution in [2.45, 2.75) is 23.9 Å². The van der Waals surface area contributed by atoms with E-state index in [-0.39, 0.29) is 10.6 Å². The number of hydrogen-bond donors (Lipinski definition) is 1. The third-order valence-electron chi connectivity index (χ3n) is 3.66. The van der Waals surface area contributed by atoms with E-state index in [0.717, 1.165) is 24.3 Å². The summed E-state index contributed by atoms with van der Waals surface area (Å²) in [6, 6.07) is 15.6. The fourth-order valence-electron chi connectivity index (χ4n) is 2.53. The minimum atomic E-state index is -0.369. The van der Waals surface area contributed by atoms with Gasteiger partial charge in [-0.25, -0.2) is 0 Å². The van der Waals surface area contributed by atoms with Crippen LogP contribution in [0.25, 0.3) is 0 Å². The van der Waals surface area contributed by atoms with Crippen LogP contribution in [0.1, 0.15) is 23.6 Å². The van der Waals surface area contributed by atoms with Crippen LogP contribution in [0.5, 0.6) is 0 Å². The molecular formula is C16H16N2O2S. The molecule has 108 valence electrons. The molecule has 4 nitrogen and oxygen atoms in total. The van der Waals surface area contributed by atoms with Crippen LogP contribution in [0, 0.1) is 10.1 Å². The number of non-ortho nitro benzene ring substituents is 1. The molecule has 0 amide bonds. The number of nitrogens with zero attached hydrogens (tertiary/aromatic N) is 1. The Labute approximate surface area is 127 Å². The maximum atomic E-state index is 10.6. The first-order chi connectivity index (χ1) is 10.2. The fraction of sp³-hybridized carbons (Fsp3) is 0.250. The molecule has 2 aromatic rings. The molecule has 0 radical (unpaired) electrons. The van der Waals surface area contributed by atoms with E-state index < -0.39 is 0 Å². The topological polar surface area (TPSA) is 55.2 Å². The lowest BCUT2D eigenvalue weighted by atomic mass is 10.0. The number of nitro groups is 1. The van der Waals surface area contributed by atoms with Crippen LogP contribution in [-0.4, -0.2) is 10.7 Å². The molecule has 0 bridgehead atoms. The second-order valence-corrected chi connectivity index (χ2v) is 6.17. The van der Waals surface area contributed by atoms with Crippen LogP contribution >= 0.6 is 11.8 Å². The van der Waals surface area contributed by atoms with Crippen molar-refractivity contribution < 1.29 is 4.92 Å². The summed E-state index contributed by atoms with van der Waals surface area (Å²) >= 11 is 1.90. The van der Waals surface area contributed by atoms with Crippen molar-refractivity contribution in [2.75, 3.05) is 5.75 Å². The molecule has 1 aliphatic rings. The second-order valence-electron chi connectivity index (χ2n) is 5.03. The molecular weight excluding hydrogens is 284 g/mol. The maximum absolute atomic E-state index is 10.6. The van der Waals surface area contributed by atoms with Crippen LogP contribution in [0.15, 0.2) is 53.4 Å². The summed E-state index contributed by atoms with van der Waals surface area (Å²) in [6.45, 7) is 0.724. The third-order valence-corrected chi connectivity index (χ3v) is 4.78. The number of thioether (sulfide) groups is 1. The molecule has 0 saturated heterocycles. The van der Waals surface area contributed by atoms with E-state index in [1.54, 1.807) is 12.1 Å². The zero-order chi connectivity index (χ0) is 14.7. The molecule has 0 saturated carbocycles. The predicted molar refractivity (Wildman–Crippen MR) is 84.5 cm³/mol. The zero-order valence-electron chi connectivity index (χ0n) is 11.5. The minimum Gasteiger partial charge on any atom is -0.306 e. The Morgan fingerprint density at radius 3 is 2.71 bits per heavy atom. The third kappa shape index (κ3) is 3.25. The van der Waals surface area contributed by atoms with Gasteiger partial charge in [-0.3, -0.25) is 10.1 Å². The molecule has 0 aliphatic carbocycles. The van der Waals surface area contributed by atoms with Gasteiger partial charge in [0, 0.05) is 29.6 Å². The lowest BCUT2D eigenvalue weighted by Gasteiger charge is -2.26. The quantitative estimate of drug-likeness (QED) is 0.687. The average molecular weight is 300 g/mol. The summed E-state index contributed by atoms with van der Waals surface area (Å²) in [6.07, 6.45) is 1.11. The Balaban J connectivity index is 1.67. The van der Waals surface area contributed by atoms with Gasteiger partial charge in [0.15, 0.2) is 0 Å². The van der Waals surface area contributed by atoms with Gasteiger partial charge in [-0.1, -0.05) is 30.3 Å². The van der Waals surface area contributed by atoms with Crippen LogP contribution in [-0.2, 0) is 6.54 Å². The lowest BCUT2D eigenvalue weighted by molar-refractivity contribution is -0.384. The average Bonchev–Trinajstić information content (AvgIpc) is 2.53. The highest BCUT2D eigenvalue weighted by Crippen LogP contribution is 2.35. The Kier molecular flexibility index (Phi) is 4.22. The first-order valence-electron chi connectivity index (χ1n) is 6.92. The maximum Gasteiger partial charge on any atom is 0.269 e. The number of hydrogen-bond acceptors (Lipinski definition) is 4. The summed E-state index contributed by atoms with van der Waals surface area (Å²) < 4.78 is 0. The van der Waals surface area contributed by atoms with Crippen LogP contribution in [0.3, 0.4) is 0 Å². The number of rotatable bonds is 4. The second kappa shape index (κ2) is 6.28. The molecule has 0 aromatic heterocycles. The van der Waals surface area contributed by atoms with Crippen LogP contribution in [0.2, 0.25) is 0 Å². The molecule has 21 heavy (non-hydrogen) atoms. The van der Waals surface area contributed by atoms with Crippen molar-refractivity contribution in [3.05, 3.63) is 69.8 Å². The molecule has 0 spiro atoms. The van der Waals surface area contributed by atoms with Gasteiger partial charge < -0.3 is 5.32 Å². The molecule has 5 heteroatoms. The van der Waals surface area contributed by atoms with Crippen LogP contribution < -0.4 is 5.32 Å². The van der Waals surface area contributed by atoms with Crippen molar-refractivity contribution >= 4 is 17.4 Å². The highest BCUT2D eigenvalue weighted by atomic mass is 32.2. The summed E-state index contributed by atoms with van der Waals surface area (Å²) in [4.78, 5) is 11.6. The Morgan fingerprint density at radius 1 is 1.19 bits per heavy atom. The number of nitrogens with one attached hydrogen (secondary N) is 1. The van der Waals surface area contributed by atoms with Crippen molar-refractivity contribution in [3.8, 4) is 0 Å². The molecule has 1 N–H and O–H groups in total. The fourth-order valence-corrected chi connectivity index (χ4v) is 3.66. The number of fused-ring (bicyclic) bond motifs is 1. The lowest BCUT2D eigenvalue weighted by Crippen LogP contribution is -2.24. The van der Waals surface area contributed by atoms with E-state index in [9.17, 15) is 10.1 Å². The van der Waals surface area contributed by atoms with Gasteiger partial charge in [-0.2, -0.15) is 0 Å². The van der Waals surface area contributed by atoms with Crippen molar-refractivity contribution in [3.63, 3.8) is 0 Å². The molecule has 1 unspecified atom stereocenters. The Bertz CT molecular complexity index is 643.